The number of carboxylic acids is 1. The molecule has 0 spiro atoms. The Balaban J connectivity index is 2.85. The first kappa shape index (κ1) is 30.8. The van der Waals surface area contributed by atoms with Gasteiger partial charge in [0.15, 0.2) is 0 Å². The van der Waals surface area contributed by atoms with Crippen LogP contribution in [0.25, 0.3) is 0 Å². The largest absolute Gasteiger partial charge is 0.481 e. The third-order valence-electron chi connectivity index (χ3n) is 6.35. The number of hydrogen-bond donors (Lipinski definition) is 1. The summed E-state index contributed by atoms with van der Waals surface area (Å²) in [6, 6.07) is 11.4. The highest BCUT2D eigenvalue weighted by Gasteiger charge is 2.41. The third-order valence-corrected chi connectivity index (χ3v) is 7.84. The Kier molecular flexibility index (Phi) is 10.1. The monoisotopic (exact) mass is 598 g/mol. The van der Waals surface area contributed by atoms with Gasteiger partial charge in [0.1, 0.15) is 11.5 Å². The van der Waals surface area contributed by atoms with Crippen LogP contribution in [0.2, 0.25) is 0 Å². The molecule has 1 atom stereocenters. The molecular formula is C25H32Cl4O4P2. The van der Waals surface area contributed by atoms with Crippen molar-refractivity contribution in [3.05, 3.63) is 58.7 Å². The zero-order valence-corrected chi connectivity index (χ0v) is 25.9. The van der Waals surface area contributed by atoms with Crippen molar-refractivity contribution in [1.82, 2.24) is 0 Å². The molecule has 2 aromatic carbocycles. The van der Waals surface area contributed by atoms with Crippen LogP contribution >= 0.6 is 58.7 Å². The van der Waals surface area contributed by atoms with Crippen LogP contribution in [-0.4, -0.2) is 11.1 Å². The molecule has 0 heterocycles. The average Bonchev–Trinajstić information content (AvgIpc) is 2.70. The van der Waals surface area contributed by atoms with Crippen molar-refractivity contribution in [2.24, 2.45) is 5.92 Å². The fourth-order valence-corrected chi connectivity index (χ4v) is 5.61. The van der Waals surface area contributed by atoms with Gasteiger partial charge in [-0.2, -0.15) is 0 Å². The molecule has 0 fully saturated rings. The molecule has 0 bridgehead atoms. The van der Waals surface area contributed by atoms with Crippen molar-refractivity contribution in [1.29, 1.82) is 0 Å². The highest BCUT2D eigenvalue weighted by molar-refractivity contribution is 8.01. The summed E-state index contributed by atoms with van der Waals surface area (Å²) in [5.41, 5.74) is 1.96. The van der Waals surface area contributed by atoms with Gasteiger partial charge >= 0.3 is 5.97 Å². The van der Waals surface area contributed by atoms with E-state index in [-0.39, 0.29) is 10.8 Å². The summed E-state index contributed by atoms with van der Waals surface area (Å²) in [5, 5.41) is 10.1. The standard InChI is InChI=1S/C25H32Cl4O4P2/c1-15(22(30)31)25(8,16-9-11-20(32-34(26)27)18(13-16)23(2,3)4)17-10-12-21(33-35(28)29)19(14-17)24(5,6)7/h9-15H,1-8H3,(H,30,31). The van der Waals surface area contributed by atoms with Crippen LogP contribution in [0.5, 0.6) is 11.5 Å². The van der Waals surface area contributed by atoms with E-state index in [9.17, 15) is 9.90 Å². The summed E-state index contributed by atoms with van der Waals surface area (Å²) in [6.45, 7) is 12.7. The highest BCUT2D eigenvalue weighted by atomic mass is 35.9. The van der Waals surface area contributed by atoms with E-state index in [1.807, 2.05) is 43.3 Å². The zero-order chi connectivity index (χ0) is 26.9. The van der Waals surface area contributed by atoms with E-state index in [1.165, 1.54) is 0 Å². The fourth-order valence-electron chi connectivity index (χ4n) is 4.10. The molecule has 0 radical (unpaired) electrons. The van der Waals surface area contributed by atoms with Crippen LogP contribution in [0, 0.1) is 5.92 Å². The number of halogens is 4. The van der Waals surface area contributed by atoms with E-state index in [0.717, 1.165) is 22.3 Å². The quantitative estimate of drug-likeness (QED) is 0.307. The van der Waals surface area contributed by atoms with Crippen LogP contribution in [0.4, 0.5) is 0 Å². The van der Waals surface area contributed by atoms with Crippen molar-refractivity contribution in [2.45, 2.75) is 71.6 Å². The van der Waals surface area contributed by atoms with Crippen molar-refractivity contribution in [3.63, 3.8) is 0 Å². The molecule has 0 aliphatic carbocycles. The molecule has 4 nitrogen and oxygen atoms in total. The minimum absolute atomic E-state index is 0.302. The minimum Gasteiger partial charge on any atom is -0.481 e. The van der Waals surface area contributed by atoms with Crippen LogP contribution < -0.4 is 9.05 Å². The number of benzene rings is 2. The predicted molar refractivity (Wildman–Crippen MR) is 152 cm³/mol. The summed E-state index contributed by atoms with van der Waals surface area (Å²) in [5.74, 6) is -0.491. The van der Waals surface area contributed by atoms with Crippen molar-refractivity contribution in [3.8, 4) is 11.5 Å². The second-order valence-electron chi connectivity index (χ2n) is 10.8. The molecule has 10 heteroatoms. The summed E-state index contributed by atoms with van der Waals surface area (Å²) in [4.78, 5) is 12.4. The van der Waals surface area contributed by atoms with Crippen LogP contribution in [0.1, 0.15) is 77.6 Å². The molecule has 0 saturated heterocycles. The molecule has 2 rings (SSSR count). The Bertz CT molecular complexity index is 991. The Morgan fingerprint density at radius 1 is 0.771 bits per heavy atom. The Morgan fingerprint density at radius 3 is 1.37 bits per heavy atom. The van der Waals surface area contributed by atoms with Gasteiger partial charge < -0.3 is 14.2 Å². The van der Waals surface area contributed by atoms with Crippen molar-refractivity contribution < 1.29 is 18.9 Å². The molecule has 0 saturated carbocycles. The number of rotatable bonds is 8. The molecule has 1 unspecified atom stereocenters. The second kappa shape index (κ2) is 11.5. The van der Waals surface area contributed by atoms with Crippen LogP contribution in [0.15, 0.2) is 36.4 Å². The smallest absolute Gasteiger partial charge is 0.307 e. The maximum Gasteiger partial charge on any atom is 0.307 e. The zero-order valence-electron chi connectivity index (χ0n) is 21.1. The van der Waals surface area contributed by atoms with Gasteiger partial charge in [0.05, 0.1) is 5.92 Å². The topological polar surface area (TPSA) is 55.8 Å². The Hall–Kier alpha value is -0.470. The Labute approximate surface area is 230 Å². The van der Waals surface area contributed by atoms with Crippen molar-refractivity contribution in [2.75, 3.05) is 0 Å². The van der Waals surface area contributed by atoms with Gasteiger partial charge in [-0.15, -0.1) is 0 Å². The summed E-state index contributed by atoms with van der Waals surface area (Å²) in [7, 11) is 0. The van der Waals surface area contributed by atoms with Gasteiger partial charge in [0.2, 0.25) is 0 Å². The van der Waals surface area contributed by atoms with E-state index >= 15 is 0 Å². The van der Waals surface area contributed by atoms with E-state index in [1.54, 1.807) is 6.92 Å². The predicted octanol–water partition coefficient (Wildman–Crippen LogP) is 10.5. The average molecular weight is 600 g/mol. The molecule has 2 aromatic rings. The molecule has 1 N–H and O–H groups in total. The summed E-state index contributed by atoms with van der Waals surface area (Å²) < 4.78 is 11.4. The van der Waals surface area contributed by atoms with Gasteiger partial charge in [-0.1, -0.05) is 79.7 Å². The van der Waals surface area contributed by atoms with Crippen molar-refractivity contribution >= 4 is 64.6 Å². The first-order valence-corrected chi connectivity index (χ1v) is 17.1. The van der Waals surface area contributed by atoms with Gasteiger partial charge in [-0.25, -0.2) is 0 Å². The number of aliphatic carboxylic acids is 1. The molecule has 0 aliphatic heterocycles. The van der Waals surface area contributed by atoms with Gasteiger partial charge in [-0.05, 0) is 79.1 Å². The second-order valence-corrected chi connectivity index (χ2v) is 16.7. The maximum absolute atomic E-state index is 12.4. The summed E-state index contributed by atoms with van der Waals surface area (Å²) in [6.07, 6.45) is 0. The minimum atomic E-state index is -1.66. The lowest BCUT2D eigenvalue weighted by Crippen LogP contribution is -2.37. The van der Waals surface area contributed by atoms with Gasteiger partial charge in [-0.3, -0.25) is 4.79 Å². The van der Waals surface area contributed by atoms with Gasteiger partial charge in [0.25, 0.3) is 13.7 Å². The maximum atomic E-state index is 12.4. The van der Waals surface area contributed by atoms with Crippen LogP contribution in [0.3, 0.4) is 0 Å². The lowest BCUT2D eigenvalue weighted by atomic mass is 9.66. The molecular weight excluding hydrogens is 568 g/mol. The normalized spacial score (nSPS) is 13.8. The molecule has 194 valence electrons. The number of carboxylic acid groups (broad SMARTS) is 1. The van der Waals surface area contributed by atoms with E-state index in [2.05, 4.69) is 41.5 Å². The van der Waals surface area contributed by atoms with E-state index in [4.69, 9.17) is 54.0 Å². The molecule has 35 heavy (non-hydrogen) atoms. The SMILES string of the molecule is CC(C(=O)O)C(C)(c1ccc(OP(Cl)Cl)c(C(C)(C)C)c1)c1ccc(OP(Cl)Cl)c(C(C)(C)C)c1. The number of hydrogen-bond acceptors (Lipinski definition) is 3. The van der Waals surface area contributed by atoms with Gasteiger partial charge in [0, 0.05) is 16.5 Å². The van der Waals surface area contributed by atoms with Crippen LogP contribution in [-0.2, 0) is 21.0 Å². The first-order chi connectivity index (χ1) is 15.9. The highest BCUT2D eigenvalue weighted by Crippen LogP contribution is 2.53. The first-order valence-electron chi connectivity index (χ1n) is 11.0. The number of carbonyl (C=O) groups is 1. The summed E-state index contributed by atoms with van der Waals surface area (Å²) >= 11 is 23.9. The molecule has 0 aromatic heterocycles. The fraction of sp³-hybridized carbons (Fsp3) is 0.480. The Morgan fingerprint density at radius 2 is 1.11 bits per heavy atom. The molecule has 0 amide bonds. The third kappa shape index (κ3) is 7.31. The van der Waals surface area contributed by atoms with E-state index < -0.39 is 31.0 Å². The lowest BCUT2D eigenvalue weighted by molar-refractivity contribution is -0.142. The van der Waals surface area contributed by atoms with E-state index in [0.29, 0.717) is 11.5 Å². The molecule has 0 aliphatic rings. The lowest BCUT2D eigenvalue weighted by Gasteiger charge is -2.37.